The Kier molecular flexibility index (Phi) is 5.80. The minimum atomic E-state index is -0.0584. The molecule has 2 heteroatoms. The predicted octanol–water partition coefficient (Wildman–Crippen LogP) is 4.95. The van der Waals surface area contributed by atoms with Crippen LogP contribution in [0.25, 0.3) is 0 Å². The second kappa shape index (κ2) is 7.40. The van der Waals surface area contributed by atoms with Gasteiger partial charge in [0.15, 0.2) is 0 Å². The molecule has 21 heavy (non-hydrogen) atoms. The van der Waals surface area contributed by atoms with Gasteiger partial charge in [0.2, 0.25) is 0 Å². The van der Waals surface area contributed by atoms with Crippen molar-refractivity contribution in [1.29, 1.82) is 0 Å². The van der Waals surface area contributed by atoms with Crippen LogP contribution >= 0.6 is 0 Å². The fourth-order valence-electron chi connectivity index (χ4n) is 3.46. The van der Waals surface area contributed by atoms with E-state index in [-0.39, 0.29) is 5.82 Å². The Morgan fingerprint density at radius 2 is 1.90 bits per heavy atom. The average Bonchev–Trinajstić information content (AvgIpc) is 2.46. The van der Waals surface area contributed by atoms with Gasteiger partial charge in [-0.2, -0.15) is 0 Å². The smallest absolute Gasteiger partial charge is 0.126 e. The molecule has 0 saturated heterocycles. The van der Waals surface area contributed by atoms with E-state index < -0.39 is 0 Å². The molecule has 1 aromatic carbocycles. The molecule has 1 N–H and O–H groups in total. The fourth-order valence-corrected chi connectivity index (χ4v) is 3.46. The molecule has 0 bridgehead atoms. The second-order valence-corrected chi connectivity index (χ2v) is 7.36. The molecule has 0 heterocycles. The maximum absolute atomic E-state index is 13.9. The molecule has 0 aliphatic heterocycles. The minimum absolute atomic E-state index is 0.0584. The van der Waals surface area contributed by atoms with Gasteiger partial charge in [-0.3, -0.25) is 0 Å². The van der Waals surface area contributed by atoms with Gasteiger partial charge >= 0.3 is 0 Å². The highest BCUT2D eigenvalue weighted by Gasteiger charge is 2.31. The summed E-state index contributed by atoms with van der Waals surface area (Å²) in [7, 11) is 0. The van der Waals surface area contributed by atoms with Gasteiger partial charge < -0.3 is 5.32 Å². The molecule has 1 unspecified atom stereocenters. The number of hydrogen-bond acceptors (Lipinski definition) is 1. The summed E-state index contributed by atoms with van der Waals surface area (Å²) in [4.78, 5) is 0. The van der Waals surface area contributed by atoms with Crippen molar-refractivity contribution >= 4 is 0 Å². The van der Waals surface area contributed by atoms with Crippen LogP contribution < -0.4 is 5.32 Å². The summed E-state index contributed by atoms with van der Waals surface area (Å²) in [5.74, 6) is 0.626. The van der Waals surface area contributed by atoms with Crippen LogP contribution in [0.15, 0.2) is 24.3 Å². The third kappa shape index (κ3) is 4.81. The van der Waals surface area contributed by atoms with Crippen LogP contribution in [0.5, 0.6) is 0 Å². The van der Waals surface area contributed by atoms with E-state index in [2.05, 4.69) is 26.1 Å². The third-order valence-electron chi connectivity index (χ3n) is 5.01. The van der Waals surface area contributed by atoms with Crippen LogP contribution in [0.4, 0.5) is 4.39 Å². The van der Waals surface area contributed by atoms with Gasteiger partial charge in [-0.1, -0.05) is 39.0 Å². The van der Waals surface area contributed by atoms with Crippen LogP contribution in [0, 0.1) is 17.2 Å². The van der Waals surface area contributed by atoms with Gasteiger partial charge in [0, 0.05) is 6.04 Å². The van der Waals surface area contributed by atoms with Crippen molar-refractivity contribution in [2.45, 2.75) is 65.3 Å². The Hall–Kier alpha value is -0.890. The van der Waals surface area contributed by atoms with E-state index in [1.165, 1.54) is 25.7 Å². The maximum atomic E-state index is 13.9. The quantitative estimate of drug-likeness (QED) is 0.781. The Balaban J connectivity index is 2.03. The molecule has 0 radical (unpaired) electrons. The Labute approximate surface area is 129 Å². The molecule has 1 nitrogen and oxygen atoms in total. The molecule has 0 amide bonds. The van der Waals surface area contributed by atoms with Crippen LogP contribution in [0.1, 0.15) is 58.4 Å². The number of rotatable bonds is 6. The first-order valence-corrected chi connectivity index (χ1v) is 8.48. The molecule has 0 spiro atoms. The van der Waals surface area contributed by atoms with Gasteiger partial charge in [0.05, 0.1) is 0 Å². The molecule has 1 fully saturated rings. The SMILES string of the molecule is CCCNC(Cc1ccccc1F)C1CCC(C)(C)CC1. The van der Waals surface area contributed by atoms with Gasteiger partial charge in [0.25, 0.3) is 0 Å². The molecule has 1 aliphatic rings. The van der Waals surface area contributed by atoms with E-state index in [4.69, 9.17) is 0 Å². The number of nitrogens with one attached hydrogen (secondary N) is 1. The number of halogens is 1. The monoisotopic (exact) mass is 291 g/mol. The summed E-state index contributed by atoms with van der Waals surface area (Å²) in [5, 5.41) is 3.68. The highest BCUT2D eigenvalue weighted by molar-refractivity contribution is 5.18. The Bertz CT molecular complexity index is 431. The highest BCUT2D eigenvalue weighted by Crippen LogP contribution is 2.39. The van der Waals surface area contributed by atoms with E-state index >= 15 is 0 Å². The first-order chi connectivity index (χ1) is 10.0. The van der Waals surface area contributed by atoms with Crippen molar-refractivity contribution in [3.05, 3.63) is 35.6 Å². The lowest BCUT2D eigenvalue weighted by atomic mass is 9.70. The van der Waals surface area contributed by atoms with Crippen molar-refractivity contribution < 1.29 is 4.39 Å². The van der Waals surface area contributed by atoms with Crippen LogP contribution in [-0.2, 0) is 6.42 Å². The summed E-state index contributed by atoms with van der Waals surface area (Å²) in [6.07, 6.45) is 7.06. The van der Waals surface area contributed by atoms with Crippen molar-refractivity contribution in [3.63, 3.8) is 0 Å². The first kappa shape index (κ1) is 16.5. The second-order valence-electron chi connectivity index (χ2n) is 7.36. The van der Waals surface area contributed by atoms with Crippen molar-refractivity contribution in [3.8, 4) is 0 Å². The normalized spacial score (nSPS) is 20.4. The molecular formula is C19H30FN. The van der Waals surface area contributed by atoms with Crippen molar-refractivity contribution in [2.75, 3.05) is 6.54 Å². The largest absolute Gasteiger partial charge is 0.313 e. The summed E-state index contributed by atoms with van der Waals surface area (Å²) in [6, 6.07) is 7.65. The van der Waals surface area contributed by atoms with Crippen LogP contribution in [0.2, 0.25) is 0 Å². The van der Waals surface area contributed by atoms with Gasteiger partial charge in [0.1, 0.15) is 5.82 Å². The van der Waals surface area contributed by atoms with E-state index in [1.807, 2.05) is 12.1 Å². The number of benzene rings is 1. The summed E-state index contributed by atoms with van der Waals surface area (Å²) in [5.41, 5.74) is 1.35. The zero-order chi connectivity index (χ0) is 15.3. The van der Waals surface area contributed by atoms with Crippen LogP contribution in [0.3, 0.4) is 0 Å². The highest BCUT2D eigenvalue weighted by atomic mass is 19.1. The third-order valence-corrected chi connectivity index (χ3v) is 5.01. The molecule has 1 aliphatic carbocycles. The zero-order valence-corrected chi connectivity index (χ0v) is 13.8. The minimum Gasteiger partial charge on any atom is -0.313 e. The fraction of sp³-hybridized carbons (Fsp3) is 0.684. The summed E-state index contributed by atoms with van der Waals surface area (Å²) in [6.45, 7) is 7.96. The Morgan fingerprint density at radius 3 is 2.52 bits per heavy atom. The lowest BCUT2D eigenvalue weighted by molar-refractivity contribution is 0.160. The lowest BCUT2D eigenvalue weighted by Crippen LogP contribution is -2.41. The molecule has 0 aromatic heterocycles. The Morgan fingerprint density at radius 1 is 1.24 bits per heavy atom. The van der Waals surface area contributed by atoms with E-state index in [0.717, 1.165) is 24.9 Å². The first-order valence-electron chi connectivity index (χ1n) is 8.48. The summed E-state index contributed by atoms with van der Waals surface area (Å²) < 4.78 is 13.9. The molecular weight excluding hydrogens is 261 g/mol. The maximum Gasteiger partial charge on any atom is 0.126 e. The van der Waals surface area contributed by atoms with Crippen molar-refractivity contribution in [2.24, 2.45) is 11.3 Å². The number of hydrogen-bond donors (Lipinski definition) is 1. The van der Waals surface area contributed by atoms with Gasteiger partial charge in [-0.15, -0.1) is 0 Å². The zero-order valence-electron chi connectivity index (χ0n) is 13.8. The molecule has 2 rings (SSSR count). The molecule has 118 valence electrons. The molecule has 1 saturated carbocycles. The van der Waals surface area contributed by atoms with Gasteiger partial charge in [-0.05, 0) is 68.0 Å². The molecule has 1 atom stereocenters. The standard InChI is InChI=1S/C19H30FN/c1-4-13-21-18(14-16-7-5-6-8-17(16)20)15-9-11-19(2,3)12-10-15/h5-8,15,18,21H,4,9-14H2,1-3H3. The van der Waals surface area contributed by atoms with Gasteiger partial charge in [-0.25, -0.2) is 4.39 Å². The summed E-state index contributed by atoms with van der Waals surface area (Å²) >= 11 is 0. The van der Waals surface area contributed by atoms with E-state index in [9.17, 15) is 4.39 Å². The topological polar surface area (TPSA) is 12.0 Å². The molecule has 1 aromatic rings. The van der Waals surface area contributed by atoms with Crippen LogP contribution in [-0.4, -0.2) is 12.6 Å². The predicted molar refractivity (Wildman–Crippen MR) is 87.9 cm³/mol. The average molecular weight is 291 g/mol. The van der Waals surface area contributed by atoms with E-state index in [1.54, 1.807) is 12.1 Å². The van der Waals surface area contributed by atoms with Crippen molar-refractivity contribution in [1.82, 2.24) is 5.32 Å². The van der Waals surface area contributed by atoms with E-state index in [0.29, 0.717) is 17.4 Å². The lowest BCUT2D eigenvalue weighted by Gasteiger charge is -2.38.